The maximum absolute atomic E-state index is 13.2. The highest BCUT2D eigenvalue weighted by atomic mass is 19.1. The number of aromatic nitrogens is 11. The number of nitrogens with one attached hydrogen (secondary N) is 8. The second-order valence-corrected chi connectivity index (χ2v) is 26.2. The van der Waals surface area contributed by atoms with Crippen LogP contribution in [0.2, 0.25) is 0 Å². The zero-order valence-corrected chi connectivity index (χ0v) is 61.3. The number of aromatic amines is 2. The minimum Gasteiger partial charge on any atom is -0.438 e. The largest absolute Gasteiger partial charge is 0.438 e. The lowest BCUT2D eigenvalue weighted by Crippen LogP contribution is -2.44. The van der Waals surface area contributed by atoms with Gasteiger partial charge in [-0.05, 0) is 181 Å². The molecule has 8 N–H and O–H groups in total. The van der Waals surface area contributed by atoms with Crippen molar-refractivity contribution < 1.29 is 33.0 Å². The van der Waals surface area contributed by atoms with Crippen molar-refractivity contribution in [2.75, 3.05) is 111 Å². The summed E-state index contributed by atoms with van der Waals surface area (Å²) in [6, 6.07) is 53.1. The Bertz CT molecular complexity index is 5650. The van der Waals surface area contributed by atoms with Crippen molar-refractivity contribution in [2.24, 2.45) is 0 Å². The van der Waals surface area contributed by atoms with Gasteiger partial charge in [0, 0.05) is 145 Å². The first-order valence-corrected chi connectivity index (χ1v) is 35.4. The Labute approximate surface area is 633 Å². The van der Waals surface area contributed by atoms with Gasteiger partial charge in [-0.15, -0.1) is 0 Å². The van der Waals surface area contributed by atoms with Crippen molar-refractivity contribution in [3.63, 3.8) is 0 Å². The number of halogens is 1. The lowest BCUT2D eigenvalue weighted by atomic mass is 10.2. The first-order valence-electron chi connectivity index (χ1n) is 35.4. The van der Waals surface area contributed by atoms with E-state index in [9.17, 15) is 18.8 Å². The number of ether oxygens (including phenoxy) is 3. The molecule has 27 nitrogen and oxygen atoms in total. The van der Waals surface area contributed by atoms with Crippen LogP contribution in [0.25, 0.3) is 54.9 Å². The molecule has 28 heteroatoms. The van der Waals surface area contributed by atoms with Crippen molar-refractivity contribution >= 4 is 130 Å². The Morgan fingerprint density at radius 1 is 0.491 bits per heavy atom. The van der Waals surface area contributed by atoms with Crippen LogP contribution in [0.5, 0.6) is 34.9 Å². The third kappa shape index (κ3) is 19.0. The van der Waals surface area contributed by atoms with Crippen LogP contribution >= 0.6 is 0 Å². The van der Waals surface area contributed by atoms with Crippen LogP contribution in [0, 0.1) is 0 Å². The summed E-state index contributed by atoms with van der Waals surface area (Å²) in [7, 11) is 10.3. The second kappa shape index (κ2) is 34.6. The lowest BCUT2D eigenvalue weighted by molar-refractivity contribution is -0.112. The molecule has 9 heterocycles. The number of H-pyrrole nitrogens is 2. The van der Waals surface area contributed by atoms with E-state index in [0.29, 0.717) is 92.1 Å². The molecule has 1 aliphatic heterocycles. The zero-order chi connectivity index (χ0) is 76.6. The summed E-state index contributed by atoms with van der Waals surface area (Å²) in [5.41, 5.74) is 10.4. The fourth-order valence-electron chi connectivity index (χ4n) is 12.0. The van der Waals surface area contributed by atoms with E-state index in [1.807, 2.05) is 68.7 Å². The van der Waals surface area contributed by atoms with E-state index in [-0.39, 0.29) is 24.3 Å². The molecular weight excluding hydrogens is 1390 g/mol. The Balaban J connectivity index is 0.000000145. The molecule has 0 aliphatic carbocycles. The summed E-state index contributed by atoms with van der Waals surface area (Å²) in [5, 5.41) is 22.3. The third-order valence-corrected chi connectivity index (χ3v) is 17.5. The zero-order valence-electron chi connectivity index (χ0n) is 61.3. The number of hydrogen-bond donors (Lipinski definition) is 8. The average molecular weight is 1480 g/mol. The van der Waals surface area contributed by atoms with Crippen LogP contribution in [-0.4, -0.2) is 161 Å². The quantitative estimate of drug-likeness (QED) is 0.0234. The van der Waals surface area contributed by atoms with Crippen molar-refractivity contribution in [3.05, 3.63) is 238 Å². The third-order valence-electron chi connectivity index (χ3n) is 17.5. The SMILES string of the molecule is C=CC(=O)Nc1cccc(Oc2nc(Nc3ccc(N4CCN(C)CC4)cc3)nc3c2ccn3CCF)c1.C=CC(=O)Nc1cccc(Oc2nc(Nc3ccc4c(ccn4CCN(C)C)c3)nc3[nH]ccc23)c1.C=CC(=O)Nc1cccc(Oc2nc(Nc3ccc4nc(CN(C)C)ccc4c3)nc3[nH]ccc23)c1. The molecule has 0 unspecified atom stereocenters. The number of piperazine rings is 1. The first kappa shape index (κ1) is 74.4. The standard InChI is InChI=1S/C28H30FN7O2.C27H27N7O2.C27H25N7O2/c1-3-25(37)30-21-5-4-6-23(19-21)38-27-24-11-13-36(14-12-29)26(24)32-28(33-27)31-20-7-9-22(10-8-20)35-17-15-34(2)16-18-35;1-4-24(35)29-19-6-5-7-21(17-19)36-26-22-10-12-28-25(22)31-27(32-26)30-20-8-9-23-18(16-20)11-13-34(23)15-14-33(2)3;1-4-24(35)30-18-6-5-7-21(15-18)36-26-22-12-13-28-25(22)32-27(33-26)31-19-10-11-23-17(14-19)8-9-20(29-23)16-34(2)3/h3-11,13,19H,1,12,14-18H2,2H3,(H,30,37)(H,31,32,33);4-13,16-17H,1,14-15H2,2-3H3,(H,29,35)(H2,28,30,31,32);4-15H,1,16H2,2-3H3,(H,30,35)(H2,28,31,32,33). The fraction of sp³-hybridized carbons (Fsp3) is 0.171. The number of anilines is 10. The predicted molar refractivity (Wildman–Crippen MR) is 433 cm³/mol. The summed E-state index contributed by atoms with van der Waals surface area (Å²) in [6.45, 7) is 16.8. The van der Waals surface area contributed by atoms with E-state index in [2.05, 4.69) is 179 Å². The Kier molecular flexibility index (Phi) is 23.4. The smallest absolute Gasteiger partial charge is 0.247 e. The highest BCUT2D eigenvalue weighted by Gasteiger charge is 2.20. The van der Waals surface area contributed by atoms with Crippen molar-refractivity contribution in [1.82, 2.24) is 68.7 Å². The topological polar surface area (TPSA) is 296 Å². The van der Waals surface area contributed by atoms with Crippen LogP contribution in [-0.2, 0) is 34.0 Å². The van der Waals surface area contributed by atoms with E-state index in [1.165, 1.54) is 29.4 Å². The van der Waals surface area contributed by atoms with Gasteiger partial charge < -0.3 is 84.8 Å². The van der Waals surface area contributed by atoms with Crippen molar-refractivity contribution in [3.8, 4) is 34.9 Å². The maximum Gasteiger partial charge on any atom is 0.247 e. The molecule has 0 saturated carbocycles. The highest BCUT2D eigenvalue weighted by molar-refractivity contribution is 6.00. The molecule has 15 rings (SSSR count). The number of aryl methyl sites for hydroxylation is 1. The molecular formula is C82H82FN21O6. The monoisotopic (exact) mass is 1480 g/mol. The molecule has 110 heavy (non-hydrogen) atoms. The first-order chi connectivity index (χ1) is 53.5. The van der Waals surface area contributed by atoms with Crippen molar-refractivity contribution in [1.29, 1.82) is 0 Å². The van der Waals surface area contributed by atoms with Crippen molar-refractivity contribution in [2.45, 2.75) is 19.6 Å². The van der Waals surface area contributed by atoms with Gasteiger partial charge >= 0.3 is 0 Å². The van der Waals surface area contributed by atoms with Gasteiger partial charge in [-0.1, -0.05) is 44.0 Å². The van der Waals surface area contributed by atoms with E-state index in [0.717, 1.165) is 95.6 Å². The molecule has 1 saturated heterocycles. The molecule has 14 aromatic rings. The maximum atomic E-state index is 13.2. The molecule has 558 valence electrons. The van der Waals surface area contributed by atoms with Gasteiger partial charge in [-0.3, -0.25) is 19.4 Å². The van der Waals surface area contributed by atoms with E-state index >= 15 is 0 Å². The summed E-state index contributed by atoms with van der Waals surface area (Å²) in [5.74, 6) is 2.83. The highest BCUT2D eigenvalue weighted by Crippen LogP contribution is 2.36. The number of alkyl halides is 1. The molecule has 6 aromatic carbocycles. The number of benzene rings is 6. The number of pyridine rings is 1. The molecule has 3 amide bonds. The van der Waals surface area contributed by atoms with Gasteiger partial charge in [0.25, 0.3) is 0 Å². The normalized spacial score (nSPS) is 12.1. The molecule has 0 bridgehead atoms. The summed E-state index contributed by atoms with van der Waals surface area (Å²) in [4.78, 5) is 82.6. The van der Waals surface area contributed by atoms with E-state index in [4.69, 9.17) is 19.2 Å². The molecule has 0 radical (unpaired) electrons. The molecule has 0 spiro atoms. The molecule has 8 aromatic heterocycles. The fourth-order valence-corrected chi connectivity index (χ4v) is 12.0. The summed E-state index contributed by atoms with van der Waals surface area (Å²) < 4.78 is 35.5. The van der Waals surface area contributed by atoms with Gasteiger partial charge in [0.05, 0.1) is 33.9 Å². The minimum atomic E-state index is -0.522. The van der Waals surface area contributed by atoms with Gasteiger partial charge in [-0.2, -0.15) is 29.9 Å². The number of rotatable bonds is 26. The Hall–Kier alpha value is -13.8. The van der Waals surface area contributed by atoms with Crippen LogP contribution in [0.3, 0.4) is 0 Å². The van der Waals surface area contributed by atoms with Crippen LogP contribution in [0.1, 0.15) is 5.69 Å². The molecule has 1 aliphatic rings. The summed E-state index contributed by atoms with van der Waals surface area (Å²) >= 11 is 0. The van der Waals surface area contributed by atoms with Crippen LogP contribution in [0.4, 0.5) is 62.0 Å². The average Bonchev–Trinajstić information content (AvgIpc) is 1.60. The molecule has 0 atom stereocenters. The van der Waals surface area contributed by atoms with E-state index < -0.39 is 6.67 Å². The molecule has 1 fully saturated rings. The van der Waals surface area contributed by atoms with E-state index in [1.54, 1.807) is 102 Å². The summed E-state index contributed by atoms with van der Waals surface area (Å²) in [6.07, 6.45) is 11.1. The second-order valence-electron chi connectivity index (χ2n) is 26.2. The van der Waals surface area contributed by atoms with Gasteiger partial charge in [-0.25, -0.2) is 4.39 Å². The Morgan fingerprint density at radius 2 is 0.991 bits per heavy atom. The predicted octanol–water partition coefficient (Wildman–Crippen LogP) is 15.2. The number of nitrogens with zero attached hydrogens (tertiary/aromatic N) is 13. The number of hydrogen-bond acceptors (Lipinski definition) is 20. The lowest BCUT2D eigenvalue weighted by Gasteiger charge is -2.34. The number of carbonyl (C=O) groups is 3. The van der Waals surface area contributed by atoms with Crippen LogP contribution < -0.4 is 51.0 Å². The number of fused-ring (bicyclic) bond motifs is 5. The van der Waals surface area contributed by atoms with Crippen LogP contribution in [0.15, 0.2) is 233 Å². The number of carbonyl (C=O) groups excluding carboxylic acids is 3. The van der Waals surface area contributed by atoms with Gasteiger partial charge in [0.2, 0.25) is 53.2 Å². The minimum absolute atomic E-state index is 0.169. The number of amides is 3. The van der Waals surface area contributed by atoms with Gasteiger partial charge in [0.1, 0.15) is 40.9 Å². The number of likely N-dealkylation sites (N-methyl/N-ethyl adjacent to an activating group) is 2. The Morgan fingerprint density at radius 3 is 1.52 bits per heavy atom. The van der Waals surface area contributed by atoms with Gasteiger partial charge in [0.15, 0.2) is 0 Å².